The van der Waals surface area contributed by atoms with Crippen LogP contribution in [0.5, 0.6) is 5.75 Å². The summed E-state index contributed by atoms with van der Waals surface area (Å²) in [5.74, 6) is 0.126. The van der Waals surface area contributed by atoms with Crippen molar-refractivity contribution in [1.82, 2.24) is 10.3 Å². The van der Waals surface area contributed by atoms with E-state index in [1.807, 2.05) is 19.9 Å². The Morgan fingerprint density at radius 2 is 2.10 bits per heavy atom. The second-order valence-electron chi connectivity index (χ2n) is 4.16. The normalized spacial score (nSPS) is 11.6. The van der Waals surface area contributed by atoms with Crippen LogP contribution < -0.4 is 15.0 Å². The van der Waals surface area contributed by atoms with Crippen LogP contribution in [0, 0.1) is 6.92 Å². The molecule has 0 spiro atoms. The fourth-order valence-corrected chi connectivity index (χ4v) is 1.82. The molecule has 0 saturated carbocycles. The van der Waals surface area contributed by atoms with E-state index in [0.29, 0.717) is 12.2 Å². The molecule has 0 heterocycles. The van der Waals surface area contributed by atoms with Crippen molar-refractivity contribution >= 4 is 24.9 Å². The van der Waals surface area contributed by atoms with Gasteiger partial charge in [-0.3, -0.25) is 4.79 Å². The molecule has 1 aromatic carbocycles. The molecule has 0 fully saturated rings. The Morgan fingerprint density at radius 1 is 1.40 bits per heavy atom. The number of thiol groups is 1. The van der Waals surface area contributed by atoms with Crippen molar-refractivity contribution in [3.8, 4) is 5.75 Å². The second kappa shape index (κ2) is 7.76. The molecule has 7 heteroatoms. The van der Waals surface area contributed by atoms with Crippen molar-refractivity contribution in [2.45, 2.75) is 33.3 Å². The Bertz CT molecular complexity index is 493. The third-order valence-electron chi connectivity index (χ3n) is 2.60. The highest BCUT2D eigenvalue weighted by molar-refractivity contribution is 7.78. The zero-order valence-electron chi connectivity index (χ0n) is 11.6. The van der Waals surface area contributed by atoms with E-state index in [9.17, 15) is 9.59 Å². The highest BCUT2D eigenvalue weighted by Gasteiger charge is 2.16. The first-order valence-electron chi connectivity index (χ1n) is 6.12. The van der Waals surface area contributed by atoms with E-state index in [1.165, 1.54) is 6.92 Å². The average molecular weight is 298 g/mol. The van der Waals surface area contributed by atoms with Crippen LogP contribution >= 0.6 is 12.8 Å². The van der Waals surface area contributed by atoms with E-state index in [4.69, 9.17) is 9.47 Å². The number of hydrogen-bond acceptors (Lipinski definition) is 6. The molecule has 0 radical (unpaired) electrons. The van der Waals surface area contributed by atoms with Gasteiger partial charge >= 0.3 is 12.1 Å². The summed E-state index contributed by atoms with van der Waals surface area (Å²) in [7, 11) is 0. The zero-order chi connectivity index (χ0) is 15.1. The molecule has 110 valence electrons. The molecule has 1 aromatic rings. The number of aryl methyl sites for hydroxylation is 1. The number of carbonyl (C=O) groups excluding carboxylic acids is 2. The molecule has 1 amide bonds. The van der Waals surface area contributed by atoms with Crippen molar-refractivity contribution in [2.75, 3.05) is 0 Å². The van der Waals surface area contributed by atoms with Gasteiger partial charge in [-0.15, -0.1) is 0 Å². The van der Waals surface area contributed by atoms with Gasteiger partial charge < -0.3 is 9.47 Å². The summed E-state index contributed by atoms with van der Waals surface area (Å²) in [5.41, 5.74) is 3.84. The number of carbonyl (C=O) groups is 2. The van der Waals surface area contributed by atoms with Gasteiger partial charge in [0.05, 0.1) is 0 Å². The van der Waals surface area contributed by atoms with Gasteiger partial charge in [0.25, 0.3) is 0 Å². The SMILES string of the molecule is CCC(OC(=O)NNS)c1ccc(OC(C)=O)c(C)c1. The monoisotopic (exact) mass is 298 g/mol. The minimum atomic E-state index is -0.617. The number of hydrogen-bond donors (Lipinski definition) is 3. The number of esters is 1. The van der Waals surface area contributed by atoms with E-state index in [0.717, 1.165) is 11.1 Å². The first kappa shape index (κ1) is 16.3. The van der Waals surface area contributed by atoms with Crippen LogP contribution in [-0.4, -0.2) is 12.1 Å². The average Bonchev–Trinajstić information content (AvgIpc) is 2.38. The van der Waals surface area contributed by atoms with Crippen LogP contribution in [0.25, 0.3) is 0 Å². The van der Waals surface area contributed by atoms with Gasteiger partial charge in [-0.2, -0.15) is 4.83 Å². The maximum atomic E-state index is 11.4. The standard InChI is InChI=1S/C13H18N2O4S/c1-4-11(19-13(17)14-15-20)10-5-6-12(8(2)7-10)18-9(3)16/h5-7,11,15,20H,4H2,1-3H3,(H,14,17). The molecule has 6 nitrogen and oxygen atoms in total. The number of benzene rings is 1. The highest BCUT2D eigenvalue weighted by Crippen LogP contribution is 2.26. The lowest BCUT2D eigenvalue weighted by Gasteiger charge is -2.18. The van der Waals surface area contributed by atoms with E-state index >= 15 is 0 Å². The van der Waals surface area contributed by atoms with Crippen molar-refractivity contribution in [1.29, 1.82) is 0 Å². The summed E-state index contributed by atoms with van der Waals surface area (Å²) >= 11 is 3.65. The first-order valence-corrected chi connectivity index (χ1v) is 6.57. The van der Waals surface area contributed by atoms with Crippen LogP contribution in [0.2, 0.25) is 0 Å². The van der Waals surface area contributed by atoms with Gasteiger partial charge in [0.2, 0.25) is 0 Å². The molecule has 0 bridgehead atoms. The van der Waals surface area contributed by atoms with Gasteiger partial charge in [0, 0.05) is 6.92 Å². The van der Waals surface area contributed by atoms with E-state index < -0.39 is 6.09 Å². The Balaban J connectivity index is 2.85. The third-order valence-corrected chi connectivity index (χ3v) is 2.71. The number of rotatable bonds is 5. The lowest BCUT2D eigenvalue weighted by molar-refractivity contribution is -0.131. The van der Waals surface area contributed by atoms with Gasteiger partial charge in [0.1, 0.15) is 11.9 Å². The van der Waals surface area contributed by atoms with E-state index in [2.05, 4.69) is 23.1 Å². The Labute approximate surface area is 123 Å². The van der Waals surface area contributed by atoms with Gasteiger partial charge in [-0.25, -0.2) is 10.2 Å². The summed E-state index contributed by atoms with van der Waals surface area (Å²) in [6.07, 6.45) is -0.387. The maximum Gasteiger partial charge on any atom is 0.422 e. The van der Waals surface area contributed by atoms with Crippen molar-refractivity contribution in [3.63, 3.8) is 0 Å². The smallest absolute Gasteiger partial charge is 0.422 e. The summed E-state index contributed by atoms with van der Waals surface area (Å²) in [4.78, 5) is 24.5. The van der Waals surface area contributed by atoms with Crippen LogP contribution in [0.4, 0.5) is 4.79 Å². The molecule has 2 N–H and O–H groups in total. The largest absolute Gasteiger partial charge is 0.440 e. The maximum absolute atomic E-state index is 11.4. The molecular weight excluding hydrogens is 280 g/mol. The van der Waals surface area contributed by atoms with Gasteiger partial charge in [-0.05, 0) is 36.6 Å². The van der Waals surface area contributed by atoms with Crippen LogP contribution in [0.15, 0.2) is 18.2 Å². The predicted molar refractivity (Wildman–Crippen MR) is 77.3 cm³/mol. The molecule has 1 atom stereocenters. The lowest BCUT2D eigenvalue weighted by atomic mass is 10.0. The predicted octanol–water partition coefficient (Wildman–Crippen LogP) is 2.45. The fourth-order valence-electron chi connectivity index (χ4n) is 1.73. The van der Waals surface area contributed by atoms with Crippen molar-refractivity contribution in [3.05, 3.63) is 29.3 Å². The molecule has 0 aromatic heterocycles. The fraction of sp³-hybridized carbons (Fsp3) is 0.385. The number of nitrogens with one attached hydrogen (secondary N) is 2. The van der Waals surface area contributed by atoms with E-state index in [-0.39, 0.29) is 12.1 Å². The van der Waals surface area contributed by atoms with Crippen LogP contribution in [0.1, 0.15) is 37.5 Å². The lowest BCUT2D eigenvalue weighted by Crippen LogP contribution is -2.32. The van der Waals surface area contributed by atoms with Crippen molar-refractivity contribution in [2.24, 2.45) is 0 Å². The Kier molecular flexibility index (Phi) is 6.33. The number of ether oxygens (including phenoxy) is 2. The highest BCUT2D eigenvalue weighted by atomic mass is 32.1. The molecule has 1 unspecified atom stereocenters. The number of hydrazine groups is 1. The minimum absolute atomic E-state index is 0.372. The Hall–Kier alpha value is -1.73. The number of amides is 1. The van der Waals surface area contributed by atoms with Crippen molar-refractivity contribution < 1.29 is 19.1 Å². The third kappa shape index (κ3) is 4.75. The molecule has 1 rings (SSSR count). The molecular formula is C13H18N2O4S. The molecule has 0 aliphatic heterocycles. The van der Waals surface area contributed by atoms with Crippen LogP contribution in [-0.2, 0) is 9.53 Å². The quantitative estimate of drug-likeness (QED) is 0.337. The summed E-state index contributed by atoms with van der Waals surface area (Å²) in [6.45, 7) is 5.07. The minimum Gasteiger partial charge on any atom is -0.440 e. The summed E-state index contributed by atoms with van der Waals surface area (Å²) in [6, 6.07) is 5.28. The Morgan fingerprint density at radius 3 is 2.60 bits per heavy atom. The molecule has 0 aliphatic carbocycles. The molecule has 0 saturated heterocycles. The summed E-state index contributed by atoms with van der Waals surface area (Å²) < 4.78 is 10.3. The van der Waals surface area contributed by atoms with E-state index in [1.54, 1.807) is 12.1 Å². The summed E-state index contributed by atoms with van der Waals surface area (Å²) in [5, 5.41) is 0. The van der Waals surface area contributed by atoms with Gasteiger partial charge in [-0.1, -0.05) is 25.8 Å². The topological polar surface area (TPSA) is 76.7 Å². The van der Waals surface area contributed by atoms with Crippen LogP contribution in [0.3, 0.4) is 0 Å². The second-order valence-corrected chi connectivity index (χ2v) is 4.38. The van der Waals surface area contributed by atoms with Gasteiger partial charge in [0.15, 0.2) is 0 Å². The molecule has 0 aliphatic rings. The molecule has 20 heavy (non-hydrogen) atoms. The zero-order valence-corrected chi connectivity index (χ0v) is 12.5. The first-order chi connectivity index (χ1) is 9.47.